The smallest absolute Gasteiger partial charge is 0.226 e. The summed E-state index contributed by atoms with van der Waals surface area (Å²) >= 11 is 6.05. The van der Waals surface area contributed by atoms with Crippen LogP contribution in [0.25, 0.3) is 0 Å². The molecule has 0 atom stereocenters. The molecule has 0 spiro atoms. The van der Waals surface area contributed by atoms with Crippen molar-refractivity contribution in [3.05, 3.63) is 41.2 Å². The van der Waals surface area contributed by atoms with E-state index in [1.807, 2.05) is 29.2 Å². The first-order chi connectivity index (χ1) is 11.1. The van der Waals surface area contributed by atoms with E-state index in [1.54, 1.807) is 0 Å². The third-order valence-electron chi connectivity index (χ3n) is 3.85. The fourth-order valence-corrected chi connectivity index (χ4v) is 2.73. The Balaban J connectivity index is 1.65. The quantitative estimate of drug-likeness (QED) is 0.900. The highest BCUT2D eigenvalue weighted by Gasteiger charge is 2.19. The van der Waals surface area contributed by atoms with Gasteiger partial charge in [-0.25, -0.2) is 9.97 Å². The van der Waals surface area contributed by atoms with E-state index in [9.17, 15) is 4.79 Å². The van der Waals surface area contributed by atoms with Crippen molar-refractivity contribution in [1.29, 1.82) is 0 Å². The Hall–Kier alpha value is -2.34. The third-order valence-corrected chi connectivity index (χ3v) is 4.22. The van der Waals surface area contributed by atoms with Crippen molar-refractivity contribution in [2.24, 2.45) is 0 Å². The molecule has 1 aromatic heterocycles. The van der Waals surface area contributed by atoms with Gasteiger partial charge in [0.1, 0.15) is 17.2 Å². The van der Waals surface area contributed by atoms with Crippen LogP contribution in [0.2, 0.25) is 5.02 Å². The maximum atomic E-state index is 11.9. The average molecular weight is 332 g/mol. The van der Waals surface area contributed by atoms with Gasteiger partial charge in [-0.15, -0.1) is 0 Å². The molecule has 3 N–H and O–H groups in total. The summed E-state index contributed by atoms with van der Waals surface area (Å²) in [5.74, 6) is 0.961. The molecule has 1 aliphatic heterocycles. The van der Waals surface area contributed by atoms with Gasteiger partial charge in [0.15, 0.2) is 5.82 Å². The molecule has 0 bridgehead atoms. The van der Waals surface area contributed by atoms with Crippen LogP contribution in [-0.4, -0.2) is 22.4 Å². The lowest BCUT2D eigenvalue weighted by molar-refractivity contribution is -0.119. The Morgan fingerprint density at radius 2 is 2.00 bits per heavy atom. The Kier molecular flexibility index (Phi) is 4.62. The fourth-order valence-electron chi connectivity index (χ4n) is 2.57. The predicted octanol–water partition coefficient (Wildman–Crippen LogP) is 2.84. The summed E-state index contributed by atoms with van der Waals surface area (Å²) in [6, 6.07) is 7.91. The molecule has 1 fully saturated rings. The number of halogens is 1. The van der Waals surface area contributed by atoms with Crippen LogP contribution in [0.3, 0.4) is 0 Å². The van der Waals surface area contributed by atoms with Crippen LogP contribution in [-0.2, 0) is 11.3 Å². The number of carbonyl (C=O) groups excluding carboxylic acids is 1. The average Bonchev–Trinajstić information content (AvgIpc) is 2.57. The molecule has 1 saturated heterocycles. The highest BCUT2D eigenvalue weighted by atomic mass is 35.5. The number of benzene rings is 1. The molecular formula is C16H18ClN5O. The molecule has 6 nitrogen and oxygen atoms in total. The molecule has 1 aromatic carbocycles. The van der Waals surface area contributed by atoms with Crippen molar-refractivity contribution in [2.45, 2.75) is 25.8 Å². The maximum absolute atomic E-state index is 11.9. The minimum Gasteiger partial charge on any atom is -0.382 e. The first kappa shape index (κ1) is 15.6. The number of nitrogens with two attached hydrogens (primary N) is 1. The zero-order chi connectivity index (χ0) is 16.2. The van der Waals surface area contributed by atoms with Crippen molar-refractivity contribution in [1.82, 2.24) is 9.97 Å². The summed E-state index contributed by atoms with van der Waals surface area (Å²) in [5.41, 5.74) is 7.65. The summed E-state index contributed by atoms with van der Waals surface area (Å²) < 4.78 is 0. The van der Waals surface area contributed by atoms with Crippen LogP contribution in [0.1, 0.15) is 24.8 Å². The van der Waals surface area contributed by atoms with E-state index in [0.717, 1.165) is 30.6 Å². The van der Waals surface area contributed by atoms with Crippen LogP contribution in [0.15, 0.2) is 30.6 Å². The Labute approximate surface area is 139 Å². The SMILES string of the molecule is Nc1ncnc(NCc2ccc(N3CCCCC3=O)cc2)c1Cl. The van der Waals surface area contributed by atoms with Crippen molar-refractivity contribution in [3.8, 4) is 0 Å². The van der Waals surface area contributed by atoms with Crippen LogP contribution in [0.4, 0.5) is 17.3 Å². The third kappa shape index (κ3) is 3.53. The van der Waals surface area contributed by atoms with E-state index >= 15 is 0 Å². The Bertz CT molecular complexity index is 704. The molecule has 1 amide bonds. The van der Waals surface area contributed by atoms with Crippen molar-refractivity contribution in [3.63, 3.8) is 0 Å². The summed E-state index contributed by atoms with van der Waals surface area (Å²) in [6.07, 6.45) is 4.05. The van der Waals surface area contributed by atoms with E-state index in [1.165, 1.54) is 6.33 Å². The fraction of sp³-hybridized carbons (Fsp3) is 0.312. The molecule has 0 aliphatic carbocycles. The minimum atomic E-state index is 0.199. The highest BCUT2D eigenvalue weighted by molar-refractivity contribution is 6.35. The summed E-state index contributed by atoms with van der Waals surface area (Å²) in [6.45, 7) is 1.36. The largest absolute Gasteiger partial charge is 0.382 e. The highest BCUT2D eigenvalue weighted by Crippen LogP contribution is 2.24. The second-order valence-electron chi connectivity index (χ2n) is 5.44. The Morgan fingerprint density at radius 1 is 1.22 bits per heavy atom. The molecule has 2 heterocycles. The molecule has 1 aliphatic rings. The van der Waals surface area contributed by atoms with Crippen molar-refractivity contribution >= 4 is 34.8 Å². The van der Waals surface area contributed by atoms with Crippen LogP contribution >= 0.6 is 11.6 Å². The first-order valence-corrected chi connectivity index (χ1v) is 7.92. The number of nitrogens with zero attached hydrogens (tertiary/aromatic N) is 3. The summed E-state index contributed by atoms with van der Waals surface area (Å²) in [5, 5.41) is 3.46. The number of rotatable bonds is 4. The van der Waals surface area contributed by atoms with Gasteiger partial charge in [-0.2, -0.15) is 0 Å². The molecule has 0 unspecified atom stereocenters. The van der Waals surface area contributed by atoms with Crippen molar-refractivity contribution < 1.29 is 4.79 Å². The molecule has 7 heteroatoms. The lowest BCUT2D eigenvalue weighted by Gasteiger charge is -2.26. The van der Waals surface area contributed by atoms with Gasteiger partial charge in [0.25, 0.3) is 0 Å². The Morgan fingerprint density at radius 3 is 2.74 bits per heavy atom. The van der Waals surface area contributed by atoms with Gasteiger partial charge in [-0.05, 0) is 30.5 Å². The first-order valence-electron chi connectivity index (χ1n) is 7.54. The zero-order valence-corrected chi connectivity index (χ0v) is 13.4. The van der Waals surface area contributed by atoms with E-state index in [0.29, 0.717) is 23.8 Å². The standard InChI is InChI=1S/C16H18ClN5O/c17-14-15(18)20-10-21-16(14)19-9-11-4-6-12(7-5-11)22-8-2-1-3-13(22)23/h4-7,10H,1-3,8-9H2,(H3,18,19,20,21). The molecule has 120 valence electrons. The minimum absolute atomic E-state index is 0.199. The molecule has 0 radical (unpaired) electrons. The van der Waals surface area contributed by atoms with Gasteiger partial charge in [-0.3, -0.25) is 4.79 Å². The number of hydrogen-bond donors (Lipinski definition) is 2. The van der Waals surface area contributed by atoms with Gasteiger partial charge in [0.2, 0.25) is 5.91 Å². The van der Waals surface area contributed by atoms with E-state index in [2.05, 4.69) is 15.3 Å². The molecule has 23 heavy (non-hydrogen) atoms. The second kappa shape index (κ2) is 6.83. The number of aromatic nitrogens is 2. The van der Waals surface area contributed by atoms with E-state index < -0.39 is 0 Å². The van der Waals surface area contributed by atoms with Gasteiger partial charge >= 0.3 is 0 Å². The topological polar surface area (TPSA) is 84.1 Å². The number of nitrogen functional groups attached to an aromatic ring is 1. The van der Waals surface area contributed by atoms with Crippen LogP contribution in [0, 0.1) is 0 Å². The molecular weight excluding hydrogens is 314 g/mol. The number of amides is 1. The van der Waals surface area contributed by atoms with Crippen LogP contribution in [0.5, 0.6) is 0 Å². The second-order valence-corrected chi connectivity index (χ2v) is 5.82. The number of carbonyl (C=O) groups is 1. The van der Waals surface area contributed by atoms with Crippen LogP contribution < -0.4 is 16.0 Å². The molecule has 0 saturated carbocycles. The number of hydrogen-bond acceptors (Lipinski definition) is 5. The van der Waals surface area contributed by atoms with E-state index in [-0.39, 0.29) is 11.7 Å². The van der Waals surface area contributed by atoms with Crippen molar-refractivity contribution in [2.75, 3.05) is 22.5 Å². The lowest BCUT2D eigenvalue weighted by Crippen LogP contribution is -2.35. The van der Waals surface area contributed by atoms with E-state index in [4.69, 9.17) is 17.3 Å². The summed E-state index contributed by atoms with van der Waals surface area (Å²) in [7, 11) is 0. The zero-order valence-electron chi connectivity index (χ0n) is 12.6. The molecule has 3 rings (SSSR count). The lowest BCUT2D eigenvalue weighted by atomic mass is 10.1. The number of piperidine rings is 1. The number of anilines is 3. The predicted molar refractivity (Wildman–Crippen MR) is 91.4 cm³/mol. The summed E-state index contributed by atoms with van der Waals surface area (Å²) in [4.78, 5) is 21.7. The number of nitrogens with one attached hydrogen (secondary N) is 1. The van der Waals surface area contributed by atoms with Gasteiger partial charge in [0, 0.05) is 25.2 Å². The normalized spacial score (nSPS) is 14.8. The monoisotopic (exact) mass is 331 g/mol. The molecule has 2 aromatic rings. The van der Waals surface area contributed by atoms with Gasteiger partial charge < -0.3 is 16.0 Å². The van der Waals surface area contributed by atoms with Gasteiger partial charge in [-0.1, -0.05) is 23.7 Å². The maximum Gasteiger partial charge on any atom is 0.226 e. The van der Waals surface area contributed by atoms with Gasteiger partial charge in [0.05, 0.1) is 0 Å².